The predicted octanol–water partition coefficient (Wildman–Crippen LogP) is 4.54. The van der Waals surface area contributed by atoms with Gasteiger partial charge in [-0.05, 0) is 49.0 Å². The van der Waals surface area contributed by atoms with Crippen LogP contribution < -0.4 is 0 Å². The Labute approximate surface area is 98.4 Å². The molecule has 2 aliphatic carbocycles. The van der Waals surface area contributed by atoms with Gasteiger partial charge in [-0.2, -0.15) is 0 Å². The van der Waals surface area contributed by atoms with Gasteiger partial charge in [-0.15, -0.1) is 0 Å². The smallest absolute Gasteiger partial charge is 0.0128 e. The first-order chi connectivity index (χ1) is 7.95. The molecule has 0 aromatic heterocycles. The summed E-state index contributed by atoms with van der Waals surface area (Å²) in [6.45, 7) is 0. The van der Waals surface area contributed by atoms with Crippen LogP contribution in [0.5, 0.6) is 0 Å². The summed E-state index contributed by atoms with van der Waals surface area (Å²) in [6.07, 6.45) is 11.8. The first kappa shape index (κ1) is 10.1. The van der Waals surface area contributed by atoms with E-state index in [4.69, 9.17) is 0 Å². The van der Waals surface area contributed by atoms with Crippen molar-refractivity contribution in [3.05, 3.63) is 48.0 Å². The first-order valence-electron chi connectivity index (χ1n) is 6.67. The summed E-state index contributed by atoms with van der Waals surface area (Å²) < 4.78 is 0. The van der Waals surface area contributed by atoms with Crippen molar-refractivity contribution in [3.8, 4) is 0 Å². The molecule has 0 nitrogen and oxygen atoms in total. The van der Waals surface area contributed by atoms with Gasteiger partial charge in [0.15, 0.2) is 0 Å². The van der Waals surface area contributed by atoms with Gasteiger partial charge in [0.05, 0.1) is 0 Å². The Morgan fingerprint density at radius 3 is 2.69 bits per heavy atom. The van der Waals surface area contributed by atoms with Crippen LogP contribution in [-0.2, 0) is 0 Å². The number of rotatable bonds is 1. The molecule has 0 radical (unpaired) electrons. The molecule has 0 N–H and O–H groups in total. The van der Waals surface area contributed by atoms with E-state index in [2.05, 4.69) is 42.5 Å². The highest BCUT2D eigenvalue weighted by molar-refractivity contribution is 5.22. The van der Waals surface area contributed by atoms with Crippen molar-refractivity contribution >= 4 is 0 Å². The molecule has 0 aliphatic heterocycles. The molecule has 2 aliphatic rings. The Morgan fingerprint density at radius 2 is 1.81 bits per heavy atom. The molecule has 0 bridgehead atoms. The Balaban J connectivity index is 1.87. The normalized spacial score (nSPS) is 33.4. The zero-order valence-electron chi connectivity index (χ0n) is 9.81. The molecule has 3 unspecified atom stereocenters. The van der Waals surface area contributed by atoms with Gasteiger partial charge < -0.3 is 0 Å². The Kier molecular flexibility index (Phi) is 2.82. The average Bonchev–Trinajstić information content (AvgIpc) is 2.39. The lowest BCUT2D eigenvalue weighted by molar-refractivity contribution is 0.221. The van der Waals surface area contributed by atoms with E-state index in [1.54, 1.807) is 5.56 Å². The second-order valence-corrected chi connectivity index (χ2v) is 5.28. The van der Waals surface area contributed by atoms with Gasteiger partial charge in [-0.3, -0.25) is 0 Å². The van der Waals surface area contributed by atoms with Gasteiger partial charge in [-0.1, -0.05) is 48.9 Å². The lowest BCUT2D eigenvalue weighted by Gasteiger charge is -2.39. The third-order valence-corrected chi connectivity index (χ3v) is 4.40. The van der Waals surface area contributed by atoms with Crippen LogP contribution >= 0.6 is 0 Å². The molecule has 0 amide bonds. The molecule has 0 spiro atoms. The highest BCUT2D eigenvalue weighted by Gasteiger charge is 2.33. The Bertz CT molecular complexity index is 363. The third-order valence-electron chi connectivity index (χ3n) is 4.40. The Morgan fingerprint density at radius 1 is 0.938 bits per heavy atom. The molecule has 1 fully saturated rings. The van der Waals surface area contributed by atoms with E-state index in [0.717, 1.165) is 17.8 Å². The van der Waals surface area contributed by atoms with Crippen LogP contribution in [0.2, 0.25) is 0 Å². The van der Waals surface area contributed by atoms with Gasteiger partial charge in [0.2, 0.25) is 0 Å². The van der Waals surface area contributed by atoms with Crippen molar-refractivity contribution in [2.75, 3.05) is 0 Å². The summed E-state index contributed by atoms with van der Waals surface area (Å²) in [5, 5.41) is 0. The maximum absolute atomic E-state index is 2.49. The summed E-state index contributed by atoms with van der Waals surface area (Å²) in [4.78, 5) is 0. The molecule has 3 atom stereocenters. The summed E-state index contributed by atoms with van der Waals surface area (Å²) >= 11 is 0. The second kappa shape index (κ2) is 4.45. The zero-order valence-corrected chi connectivity index (χ0v) is 9.81. The van der Waals surface area contributed by atoms with Gasteiger partial charge in [0, 0.05) is 0 Å². The van der Waals surface area contributed by atoms with E-state index in [1.807, 2.05) is 0 Å². The minimum atomic E-state index is 0.824. The van der Waals surface area contributed by atoms with Crippen LogP contribution in [-0.4, -0.2) is 0 Å². The van der Waals surface area contributed by atoms with Crippen LogP contribution in [0, 0.1) is 11.8 Å². The SMILES string of the molecule is C1=CC2CCCC(c3ccccc3)C2CC1. The molecule has 3 rings (SSSR count). The highest BCUT2D eigenvalue weighted by Crippen LogP contribution is 2.45. The van der Waals surface area contributed by atoms with Crippen LogP contribution in [0.25, 0.3) is 0 Å². The summed E-state index contributed by atoms with van der Waals surface area (Å²) in [5.74, 6) is 2.61. The van der Waals surface area contributed by atoms with Crippen molar-refractivity contribution in [1.82, 2.24) is 0 Å². The van der Waals surface area contributed by atoms with Crippen molar-refractivity contribution in [2.45, 2.75) is 38.0 Å². The Hall–Kier alpha value is -1.04. The zero-order chi connectivity index (χ0) is 10.8. The topological polar surface area (TPSA) is 0 Å². The molecular weight excluding hydrogens is 192 g/mol. The van der Waals surface area contributed by atoms with Crippen LogP contribution in [0.1, 0.15) is 43.6 Å². The van der Waals surface area contributed by atoms with Crippen molar-refractivity contribution < 1.29 is 0 Å². The standard InChI is InChI=1S/C16H20/c1-2-7-13(8-3-1)16-12-6-10-14-9-4-5-11-15(14)16/h1-4,7-9,14-16H,5-6,10-12H2. The lowest BCUT2D eigenvalue weighted by atomic mass is 9.66. The lowest BCUT2D eigenvalue weighted by Crippen LogP contribution is -2.27. The molecule has 1 aromatic carbocycles. The van der Waals surface area contributed by atoms with Crippen molar-refractivity contribution in [3.63, 3.8) is 0 Å². The monoisotopic (exact) mass is 212 g/mol. The second-order valence-electron chi connectivity index (χ2n) is 5.28. The fraction of sp³-hybridized carbons (Fsp3) is 0.500. The maximum Gasteiger partial charge on any atom is -0.0128 e. The van der Waals surface area contributed by atoms with Crippen molar-refractivity contribution in [1.29, 1.82) is 0 Å². The van der Waals surface area contributed by atoms with E-state index < -0.39 is 0 Å². The molecule has 16 heavy (non-hydrogen) atoms. The number of benzene rings is 1. The average molecular weight is 212 g/mol. The molecule has 0 saturated heterocycles. The van der Waals surface area contributed by atoms with Gasteiger partial charge in [0.1, 0.15) is 0 Å². The fourth-order valence-corrected chi connectivity index (χ4v) is 3.63. The molecule has 1 aromatic rings. The predicted molar refractivity (Wildman–Crippen MR) is 68.4 cm³/mol. The van der Waals surface area contributed by atoms with Crippen LogP contribution in [0.4, 0.5) is 0 Å². The summed E-state index contributed by atoms with van der Waals surface area (Å²) in [5.41, 5.74) is 1.58. The number of hydrogen-bond acceptors (Lipinski definition) is 0. The molecule has 0 heteroatoms. The molecule has 84 valence electrons. The molecular formula is C16H20. The summed E-state index contributed by atoms with van der Waals surface area (Å²) in [6, 6.07) is 11.2. The maximum atomic E-state index is 2.49. The van der Waals surface area contributed by atoms with Gasteiger partial charge >= 0.3 is 0 Å². The minimum absolute atomic E-state index is 0.824. The van der Waals surface area contributed by atoms with Crippen LogP contribution in [0.15, 0.2) is 42.5 Å². The van der Waals surface area contributed by atoms with Gasteiger partial charge in [-0.25, -0.2) is 0 Å². The fourth-order valence-electron chi connectivity index (χ4n) is 3.63. The van der Waals surface area contributed by atoms with Crippen molar-refractivity contribution in [2.24, 2.45) is 11.8 Å². The highest BCUT2D eigenvalue weighted by atomic mass is 14.4. The van der Waals surface area contributed by atoms with E-state index in [1.165, 1.54) is 32.1 Å². The van der Waals surface area contributed by atoms with Crippen LogP contribution in [0.3, 0.4) is 0 Å². The first-order valence-corrected chi connectivity index (χ1v) is 6.67. The number of allylic oxidation sites excluding steroid dienone is 2. The van der Waals surface area contributed by atoms with E-state index in [0.29, 0.717) is 0 Å². The third kappa shape index (κ3) is 1.81. The largest absolute Gasteiger partial charge is 0.0882 e. The van der Waals surface area contributed by atoms with E-state index >= 15 is 0 Å². The quantitative estimate of drug-likeness (QED) is 0.600. The minimum Gasteiger partial charge on any atom is -0.0882 e. The van der Waals surface area contributed by atoms with E-state index in [9.17, 15) is 0 Å². The van der Waals surface area contributed by atoms with E-state index in [-0.39, 0.29) is 0 Å². The summed E-state index contributed by atoms with van der Waals surface area (Å²) in [7, 11) is 0. The molecule has 0 heterocycles. The van der Waals surface area contributed by atoms with Gasteiger partial charge in [0.25, 0.3) is 0 Å². The number of hydrogen-bond donors (Lipinski definition) is 0. The number of fused-ring (bicyclic) bond motifs is 1. The molecule has 1 saturated carbocycles.